The van der Waals surface area contributed by atoms with Crippen LogP contribution in [-0.4, -0.2) is 0 Å². The van der Waals surface area contributed by atoms with Crippen LogP contribution in [-0.2, 0) is 0 Å². The van der Waals surface area contributed by atoms with Crippen LogP contribution in [0.1, 0.15) is 41.0 Å². The molecule has 0 aliphatic heterocycles. The highest BCUT2D eigenvalue weighted by molar-refractivity contribution is 5.10. The van der Waals surface area contributed by atoms with Crippen LogP contribution in [0.2, 0.25) is 0 Å². The number of allylic oxidation sites excluding steroid dienone is 2. The third kappa shape index (κ3) is 2.69. The summed E-state index contributed by atoms with van der Waals surface area (Å²) in [6.45, 7) is 11.1. The van der Waals surface area contributed by atoms with Crippen molar-refractivity contribution in [1.29, 1.82) is 0 Å². The Bertz CT molecular complexity index is 107. The monoisotopic (exact) mass is 126 g/mol. The van der Waals surface area contributed by atoms with Gasteiger partial charge < -0.3 is 0 Å². The first-order valence-electron chi connectivity index (χ1n) is 3.75. The number of hydrogen-bond acceptors (Lipinski definition) is 0. The molecule has 0 amide bonds. The summed E-state index contributed by atoms with van der Waals surface area (Å²) in [4.78, 5) is 0. The Labute approximate surface area is 59.0 Å². The van der Waals surface area contributed by atoms with E-state index >= 15 is 0 Å². The zero-order valence-corrected chi connectivity index (χ0v) is 7.28. The third-order valence-corrected chi connectivity index (χ3v) is 2.07. The van der Waals surface area contributed by atoms with E-state index < -0.39 is 0 Å². The first-order chi connectivity index (χ1) is 4.09. The molecule has 0 aromatic rings. The Morgan fingerprint density at radius 1 is 1.22 bits per heavy atom. The average Bonchev–Trinajstić information content (AvgIpc) is 1.84. The van der Waals surface area contributed by atoms with Crippen LogP contribution in [0.4, 0.5) is 0 Å². The molecule has 0 heterocycles. The van der Waals surface area contributed by atoms with Gasteiger partial charge in [-0.05, 0) is 26.2 Å². The largest absolute Gasteiger partial charge is 0.0744 e. The van der Waals surface area contributed by atoms with E-state index in [0.29, 0.717) is 0 Å². The first-order valence-corrected chi connectivity index (χ1v) is 3.75. The van der Waals surface area contributed by atoms with Gasteiger partial charge in [0.2, 0.25) is 0 Å². The van der Waals surface area contributed by atoms with Crippen LogP contribution in [0.3, 0.4) is 0 Å². The number of rotatable bonds is 2. The highest BCUT2D eigenvalue weighted by Crippen LogP contribution is 2.15. The fourth-order valence-corrected chi connectivity index (χ4v) is 0.772. The molecule has 0 aromatic heterocycles. The fraction of sp³-hybridized carbons (Fsp3) is 0.778. The summed E-state index contributed by atoms with van der Waals surface area (Å²) in [5.74, 6) is 0.727. The molecule has 0 N–H and O–H groups in total. The average molecular weight is 126 g/mol. The van der Waals surface area contributed by atoms with Gasteiger partial charge in [-0.25, -0.2) is 0 Å². The molecule has 0 aromatic carbocycles. The van der Waals surface area contributed by atoms with E-state index in [4.69, 9.17) is 0 Å². The van der Waals surface area contributed by atoms with Gasteiger partial charge >= 0.3 is 0 Å². The summed E-state index contributed by atoms with van der Waals surface area (Å²) in [7, 11) is 0. The molecule has 0 atom stereocenters. The molecule has 0 fully saturated rings. The molecule has 0 saturated carbocycles. The molecular formula is C9H18. The second-order valence-corrected chi connectivity index (χ2v) is 2.97. The highest BCUT2D eigenvalue weighted by Gasteiger charge is 1.98. The van der Waals surface area contributed by atoms with E-state index in [-0.39, 0.29) is 0 Å². The molecule has 0 unspecified atom stereocenters. The first kappa shape index (κ1) is 8.74. The summed E-state index contributed by atoms with van der Waals surface area (Å²) in [5.41, 5.74) is 3.10. The molecule has 9 heavy (non-hydrogen) atoms. The standard InChI is InChI=1S/C9H18/c1-6-8(4)9(5)7(2)3/h7H,6H2,1-5H3/b9-8+. The molecular weight excluding hydrogens is 108 g/mol. The van der Waals surface area contributed by atoms with Crippen LogP contribution in [0, 0.1) is 5.92 Å². The normalized spacial score (nSPS) is 14.0. The maximum atomic E-state index is 2.24. The molecule has 0 rings (SSSR count). The molecule has 0 spiro atoms. The Kier molecular flexibility index (Phi) is 3.60. The maximum absolute atomic E-state index is 2.24. The molecule has 0 aliphatic carbocycles. The Balaban J connectivity index is 4.10. The summed E-state index contributed by atoms with van der Waals surface area (Å²) in [6, 6.07) is 0. The van der Waals surface area contributed by atoms with E-state index in [1.807, 2.05) is 0 Å². The van der Waals surface area contributed by atoms with Gasteiger partial charge in [-0.3, -0.25) is 0 Å². The van der Waals surface area contributed by atoms with Gasteiger partial charge in [-0.15, -0.1) is 0 Å². The van der Waals surface area contributed by atoms with Crippen molar-refractivity contribution in [2.24, 2.45) is 5.92 Å². The molecule has 0 heteroatoms. The highest BCUT2D eigenvalue weighted by atomic mass is 14.0. The van der Waals surface area contributed by atoms with Gasteiger partial charge in [0.25, 0.3) is 0 Å². The van der Waals surface area contributed by atoms with Crippen LogP contribution < -0.4 is 0 Å². The van der Waals surface area contributed by atoms with Crippen molar-refractivity contribution in [2.45, 2.75) is 41.0 Å². The molecule has 0 radical (unpaired) electrons. The Hall–Kier alpha value is -0.260. The van der Waals surface area contributed by atoms with Gasteiger partial charge in [0.1, 0.15) is 0 Å². The number of hydrogen-bond donors (Lipinski definition) is 0. The van der Waals surface area contributed by atoms with Crippen LogP contribution in [0.5, 0.6) is 0 Å². The lowest BCUT2D eigenvalue weighted by Gasteiger charge is -2.08. The van der Waals surface area contributed by atoms with Crippen LogP contribution >= 0.6 is 0 Å². The SMILES string of the molecule is CC/C(C)=C(\C)C(C)C. The van der Waals surface area contributed by atoms with E-state index in [2.05, 4.69) is 34.6 Å². The minimum absolute atomic E-state index is 0.727. The summed E-state index contributed by atoms with van der Waals surface area (Å²) in [5, 5.41) is 0. The van der Waals surface area contributed by atoms with Crippen molar-refractivity contribution < 1.29 is 0 Å². The minimum atomic E-state index is 0.727. The van der Waals surface area contributed by atoms with Gasteiger partial charge in [0, 0.05) is 0 Å². The van der Waals surface area contributed by atoms with Gasteiger partial charge in [0.05, 0.1) is 0 Å². The van der Waals surface area contributed by atoms with Gasteiger partial charge in [-0.1, -0.05) is 31.9 Å². The van der Waals surface area contributed by atoms with Crippen LogP contribution in [0.25, 0.3) is 0 Å². The van der Waals surface area contributed by atoms with Crippen molar-refractivity contribution in [3.05, 3.63) is 11.1 Å². The molecule has 0 bridgehead atoms. The van der Waals surface area contributed by atoms with Gasteiger partial charge in [0.15, 0.2) is 0 Å². The molecule has 54 valence electrons. The van der Waals surface area contributed by atoms with E-state index in [1.165, 1.54) is 6.42 Å². The van der Waals surface area contributed by atoms with Crippen molar-refractivity contribution in [3.63, 3.8) is 0 Å². The molecule has 0 aliphatic rings. The summed E-state index contributed by atoms with van der Waals surface area (Å²) >= 11 is 0. The zero-order valence-electron chi connectivity index (χ0n) is 7.28. The van der Waals surface area contributed by atoms with Crippen molar-refractivity contribution >= 4 is 0 Å². The topological polar surface area (TPSA) is 0 Å². The minimum Gasteiger partial charge on any atom is -0.0744 e. The van der Waals surface area contributed by atoms with Gasteiger partial charge in [-0.2, -0.15) is 0 Å². The lowest BCUT2D eigenvalue weighted by molar-refractivity contribution is 0.748. The third-order valence-electron chi connectivity index (χ3n) is 2.07. The predicted octanol–water partition coefficient (Wildman–Crippen LogP) is 3.39. The quantitative estimate of drug-likeness (QED) is 0.497. The van der Waals surface area contributed by atoms with Crippen molar-refractivity contribution in [2.75, 3.05) is 0 Å². The lowest BCUT2D eigenvalue weighted by atomic mass is 9.99. The molecule has 0 nitrogen and oxygen atoms in total. The second-order valence-electron chi connectivity index (χ2n) is 2.97. The second kappa shape index (κ2) is 3.71. The van der Waals surface area contributed by atoms with Crippen molar-refractivity contribution in [1.82, 2.24) is 0 Å². The lowest BCUT2D eigenvalue weighted by Crippen LogP contribution is -1.91. The summed E-state index contributed by atoms with van der Waals surface area (Å²) < 4.78 is 0. The van der Waals surface area contributed by atoms with E-state index in [1.54, 1.807) is 11.1 Å². The Morgan fingerprint density at radius 2 is 1.67 bits per heavy atom. The van der Waals surface area contributed by atoms with Crippen molar-refractivity contribution in [3.8, 4) is 0 Å². The fourth-order valence-electron chi connectivity index (χ4n) is 0.772. The zero-order chi connectivity index (χ0) is 7.44. The predicted molar refractivity (Wildman–Crippen MR) is 43.5 cm³/mol. The van der Waals surface area contributed by atoms with E-state index in [0.717, 1.165) is 5.92 Å². The molecule has 0 saturated heterocycles. The smallest absolute Gasteiger partial charge is 0.0260 e. The van der Waals surface area contributed by atoms with E-state index in [9.17, 15) is 0 Å². The summed E-state index contributed by atoms with van der Waals surface area (Å²) in [6.07, 6.45) is 1.20. The van der Waals surface area contributed by atoms with Crippen LogP contribution in [0.15, 0.2) is 11.1 Å². The Morgan fingerprint density at radius 3 is 1.78 bits per heavy atom. The maximum Gasteiger partial charge on any atom is -0.0260 e.